The van der Waals surface area contributed by atoms with E-state index in [1.807, 2.05) is 18.4 Å². The van der Waals surface area contributed by atoms with Crippen LogP contribution in [-0.2, 0) is 11.2 Å². The number of carbonyl (C=O) groups is 2. The molecule has 4 rings (SSSR count). The van der Waals surface area contributed by atoms with Gasteiger partial charge in [-0.25, -0.2) is 9.18 Å². The highest BCUT2D eigenvalue weighted by molar-refractivity contribution is 7.10. The molecule has 0 fully saturated rings. The van der Waals surface area contributed by atoms with E-state index in [9.17, 15) is 14.0 Å². The number of urea groups is 1. The van der Waals surface area contributed by atoms with E-state index in [0.717, 1.165) is 12.0 Å². The summed E-state index contributed by atoms with van der Waals surface area (Å²) < 4.78 is 19.5. The van der Waals surface area contributed by atoms with E-state index >= 15 is 0 Å². The summed E-state index contributed by atoms with van der Waals surface area (Å²) in [6.07, 6.45) is 1.45. The van der Waals surface area contributed by atoms with Crippen LogP contribution in [0.5, 0.6) is 5.75 Å². The molecule has 2 heterocycles. The molecule has 1 N–H and O–H groups in total. The molecule has 9 heteroatoms. The van der Waals surface area contributed by atoms with Crippen molar-refractivity contribution in [3.63, 3.8) is 0 Å². The summed E-state index contributed by atoms with van der Waals surface area (Å²) in [5.41, 5.74) is 1.61. The van der Waals surface area contributed by atoms with Gasteiger partial charge in [-0.05, 0) is 60.2 Å². The molecule has 2 aromatic carbocycles. The van der Waals surface area contributed by atoms with Crippen molar-refractivity contribution in [2.45, 2.75) is 25.8 Å². The van der Waals surface area contributed by atoms with Crippen LogP contribution in [0, 0.1) is 5.82 Å². The van der Waals surface area contributed by atoms with Gasteiger partial charge in [-0.1, -0.05) is 30.7 Å². The Balaban J connectivity index is 1.48. The van der Waals surface area contributed by atoms with E-state index in [4.69, 9.17) is 16.3 Å². The largest absolute Gasteiger partial charge is 0.491 e. The molecule has 1 aromatic heterocycles. The van der Waals surface area contributed by atoms with Gasteiger partial charge in [0, 0.05) is 34.7 Å². The molecule has 0 spiro atoms. The number of benzene rings is 2. The third kappa shape index (κ3) is 6.32. The van der Waals surface area contributed by atoms with Gasteiger partial charge >= 0.3 is 6.03 Å². The lowest BCUT2D eigenvalue weighted by Crippen LogP contribution is -2.48. The molecule has 0 bridgehead atoms. The number of rotatable bonds is 8. The Bertz CT molecular complexity index is 1190. The van der Waals surface area contributed by atoms with Gasteiger partial charge in [0.1, 0.15) is 24.7 Å². The van der Waals surface area contributed by atoms with Crippen LogP contribution in [0.15, 0.2) is 60.0 Å². The summed E-state index contributed by atoms with van der Waals surface area (Å²) in [4.78, 5) is 30.9. The van der Waals surface area contributed by atoms with Gasteiger partial charge in [-0.15, -0.1) is 11.3 Å². The first-order chi connectivity index (χ1) is 16.9. The van der Waals surface area contributed by atoms with Crippen LogP contribution < -0.4 is 10.1 Å². The van der Waals surface area contributed by atoms with Gasteiger partial charge in [0.15, 0.2) is 0 Å². The topological polar surface area (TPSA) is 61.9 Å². The fourth-order valence-corrected chi connectivity index (χ4v) is 5.27. The van der Waals surface area contributed by atoms with Gasteiger partial charge in [0.05, 0.1) is 6.04 Å². The minimum absolute atomic E-state index is 0.0594. The Hall–Kier alpha value is -3.10. The highest BCUT2D eigenvalue weighted by Crippen LogP contribution is 2.34. The van der Waals surface area contributed by atoms with Crippen molar-refractivity contribution in [1.29, 1.82) is 0 Å². The summed E-state index contributed by atoms with van der Waals surface area (Å²) in [5.74, 6) is -0.131. The minimum Gasteiger partial charge on any atom is -0.491 e. The molecule has 184 valence electrons. The maximum absolute atomic E-state index is 13.6. The average molecular weight is 516 g/mol. The lowest BCUT2D eigenvalue weighted by atomic mass is 10.0. The van der Waals surface area contributed by atoms with Gasteiger partial charge in [-0.3, -0.25) is 4.79 Å². The predicted molar refractivity (Wildman–Crippen MR) is 137 cm³/mol. The first kappa shape index (κ1) is 25.0. The third-order valence-electron chi connectivity index (χ3n) is 5.80. The summed E-state index contributed by atoms with van der Waals surface area (Å²) in [6.45, 7) is 3.05. The molecule has 0 saturated carbocycles. The Kier molecular flexibility index (Phi) is 8.25. The highest BCUT2D eigenvalue weighted by atomic mass is 35.5. The van der Waals surface area contributed by atoms with Crippen LogP contribution in [-0.4, -0.2) is 48.0 Å². The molecule has 1 atom stereocenters. The maximum Gasteiger partial charge on any atom is 0.322 e. The van der Waals surface area contributed by atoms with Crippen molar-refractivity contribution in [3.8, 4) is 5.75 Å². The average Bonchev–Trinajstić information content (AvgIpc) is 3.31. The molecule has 3 aromatic rings. The molecule has 1 aliphatic heterocycles. The Morgan fingerprint density at radius 1 is 1.23 bits per heavy atom. The van der Waals surface area contributed by atoms with E-state index in [1.165, 1.54) is 21.9 Å². The van der Waals surface area contributed by atoms with E-state index < -0.39 is 0 Å². The second kappa shape index (κ2) is 11.6. The van der Waals surface area contributed by atoms with E-state index in [0.29, 0.717) is 36.0 Å². The van der Waals surface area contributed by atoms with Crippen molar-refractivity contribution in [2.24, 2.45) is 0 Å². The Labute approximate surface area is 213 Å². The summed E-state index contributed by atoms with van der Waals surface area (Å²) in [6, 6.07) is 14.2. The molecular formula is C26H27ClFN3O3S. The van der Waals surface area contributed by atoms with Crippen LogP contribution in [0.25, 0.3) is 0 Å². The minimum atomic E-state index is -0.378. The van der Waals surface area contributed by atoms with Crippen molar-refractivity contribution < 1.29 is 18.7 Å². The predicted octanol–water partition coefficient (Wildman–Crippen LogP) is 5.99. The quantitative estimate of drug-likeness (QED) is 0.401. The van der Waals surface area contributed by atoms with E-state index in [2.05, 4.69) is 5.32 Å². The smallest absolute Gasteiger partial charge is 0.322 e. The monoisotopic (exact) mass is 515 g/mol. The third-order valence-corrected chi connectivity index (χ3v) is 7.03. The lowest BCUT2D eigenvalue weighted by molar-refractivity contribution is -0.135. The van der Waals surface area contributed by atoms with Crippen molar-refractivity contribution in [2.75, 3.05) is 31.6 Å². The maximum atomic E-state index is 13.6. The van der Waals surface area contributed by atoms with Crippen LogP contribution in [0.4, 0.5) is 14.9 Å². The van der Waals surface area contributed by atoms with Crippen molar-refractivity contribution >= 4 is 40.6 Å². The molecular weight excluding hydrogens is 489 g/mol. The number of anilines is 1. The van der Waals surface area contributed by atoms with Crippen LogP contribution >= 0.6 is 22.9 Å². The van der Waals surface area contributed by atoms with Crippen LogP contribution in [0.1, 0.15) is 29.8 Å². The van der Waals surface area contributed by atoms with Gasteiger partial charge in [0.2, 0.25) is 5.91 Å². The first-order valence-corrected chi connectivity index (χ1v) is 12.8. The molecule has 1 aliphatic rings. The zero-order chi connectivity index (χ0) is 24.8. The number of hydrogen-bond donors (Lipinski definition) is 1. The Morgan fingerprint density at radius 2 is 2.06 bits per heavy atom. The summed E-state index contributed by atoms with van der Waals surface area (Å²) >= 11 is 7.69. The second-order valence-electron chi connectivity index (χ2n) is 8.28. The van der Waals surface area contributed by atoms with E-state index in [-0.39, 0.29) is 36.9 Å². The second-order valence-corrected chi connectivity index (χ2v) is 9.72. The number of halogens is 2. The van der Waals surface area contributed by atoms with Gasteiger partial charge in [0.25, 0.3) is 0 Å². The summed E-state index contributed by atoms with van der Waals surface area (Å²) in [7, 11) is 0. The zero-order valence-electron chi connectivity index (χ0n) is 19.4. The molecule has 35 heavy (non-hydrogen) atoms. The van der Waals surface area contributed by atoms with Gasteiger partial charge < -0.3 is 19.9 Å². The van der Waals surface area contributed by atoms with Crippen LogP contribution in [0.3, 0.4) is 0 Å². The molecule has 0 saturated heterocycles. The van der Waals surface area contributed by atoms with Gasteiger partial charge in [-0.2, -0.15) is 0 Å². The first-order valence-electron chi connectivity index (χ1n) is 11.5. The van der Waals surface area contributed by atoms with Crippen LogP contribution in [0.2, 0.25) is 5.02 Å². The molecule has 6 nitrogen and oxygen atoms in total. The lowest BCUT2D eigenvalue weighted by Gasteiger charge is -2.37. The van der Waals surface area contributed by atoms with Crippen molar-refractivity contribution in [3.05, 3.63) is 81.3 Å². The highest BCUT2D eigenvalue weighted by Gasteiger charge is 2.33. The van der Waals surface area contributed by atoms with E-state index in [1.54, 1.807) is 52.6 Å². The Morgan fingerprint density at radius 3 is 2.83 bits per heavy atom. The molecule has 0 radical (unpaired) electrons. The number of thiophene rings is 1. The molecule has 3 amide bonds. The number of fused-ring (bicyclic) bond motifs is 1. The summed E-state index contributed by atoms with van der Waals surface area (Å²) in [5, 5.41) is 5.35. The number of nitrogens with zero attached hydrogens (tertiary/aromatic N) is 2. The fourth-order valence-electron chi connectivity index (χ4n) is 4.15. The van der Waals surface area contributed by atoms with Crippen molar-refractivity contribution in [1.82, 2.24) is 9.80 Å². The number of carbonyl (C=O) groups excluding carboxylic acids is 2. The molecule has 0 aliphatic carbocycles. The normalized spacial score (nSPS) is 14.8. The zero-order valence-corrected chi connectivity index (χ0v) is 20.9. The number of ether oxygens (including phenoxy) is 1. The SMILES string of the molecule is CCCN(CC(=O)N1CCc2sccc2[C@@H]1COc1cccc(F)c1)C(=O)Nc1cccc(Cl)c1. The number of amides is 3. The standard InChI is InChI=1S/C26H27ClFN3O3S/c1-2-11-30(26(33)29-20-7-3-5-18(27)14-20)16-25(32)31-12-9-24-22(10-13-35-24)23(31)17-34-21-8-4-6-19(28)15-21/h3-8,10,13-15,23H,2,9,11-12,16-17H2,1H3,(H,29,33)/t23-/m0/s1. The number of nitrogens with one attached hydrogen (secondary N) is 1. The molecule has 0 unspecified atom stereocenters. The fraction of sp³-hybridized carbons (Fsp3) is 0.308. The number of hydrogen-bond acceptors (Lipinski definition) is 4.